The molecule has 0 aliphatic heterocycles. The highest BCUT2D eigenvalue weighted by molar-refractivity contribution is 5.10. The van der Waals surface area contributed by atoms with Crippen LogP contribution in [0.3, 0.4) is 0 Å². The van der Waals surface area contributed by atoms with E-state index in [1.165, 1.54) is 38.5 Å². The summed E-state index contributed by atoms with van der Waals surface area (Å²) in [4.78, 5) is 0. The van der Waals surface area contributed by atoms with Crippen molar-refractivity contribution in [3.8, 4) is 0 Å². The lowest BCUT2D eigenvalue weighted by molar-refractivity contribution is -0.0502. The molecule has 4 aliphatic rings. The van der Waals surface area contributed by atoms with Crippen LogP contribution in [-0.4, -0.2) is 15.0 Å². The number of allylic oxidation sites excluding steroid dienone is 1. The molecule has 0 N–H and O–H groups in total. The molecule has 4 aliphatic carbocycles. The summed E-state index contributed by atoms with van der Waals surface area (Å²) in [5.41, 5.74) is 2.57. The zero-order valence-corrected chi connectivity index (χ0v) is 11.8. The summed E-state index contributed by atoms with van der Waals surface area (Å²) < 4.78 is 2.23. The van der Waals surface area contributed by atoms with E-state index < -0.39 is 0 Å². The van der Waals surface area contributed by atoms with Gasteiger partial charge in [0.25, 0.3) is 0 Å². The summed E-state index contributed by atoms with van der Waals surface area (Å²) in [6, 6.07) is 0. The van der Waals surface area contributed by atoms with Gasteiger partial charge in [-0.05, 0) is 63.2 Å². The lowest BCUT2D eigenvalue weighted by atomic mass is 9.53. The minimum absolute atomic E-state index is 0.315. The first-order chi connectivity index (χ1) is 9.13. The third-order valence-corrected chi connectivity index (χ3v) is 5.52. The molecule has 0 saturated heterocycles. The predicted molar refractivity (Wildman–Crippen MR) is 74.7 cm³/mol. The molecule has 3 nitrogen and oxygen atoms in total. The molecule has 0 radical (unpaired) electrons. The molecule has 0 amide bonds. The maximum atomic E-state index is 4.48. The molecule has 1 heterocycles. The molecule has 1 aromatic rings. The van der Waals surface area contributed by atoms with Crippen molar-refractivity contribution in [2.24, 2.45) is 17.8 Å². The molecule has 102 valence electrons. The SMILES string of the molecule is C=C(C)Cc1cn(C23CC4CC(CC(C4)C2)C3)nn1. The van der Waals surface area contributed by atoms with E-state index in [1.54, 1.807) is 0 Å². The molecular weight excluding hydrogens is 234 g/mol. The second-order valence-electron chi connectivity index (χ2n) is 7.43. The van der Waals surface area contributed by atoms with Crippen LogP contribution in [0.25, 0.3) is 0 Å². The summed E-state index contributed by atoms with van der Waals surface area (Å²) in [5, 5.41) is 8.85. The minimum atomic E-state index is 0.315. The van der Waals surface area contributed by atoms with Crippen LogP contribution >= 0.6 is 0 Å². The average Bonchev–Trinajstić information content (AvgIpc) is 2.75. The third kappa shape index (κ3) is 1.86. The number of nitrogens with zero attached hydrogens (tertiary/aromatic N) is 3. The van der Waals surface area contributed by atoms with Crippen molar-refractivity contribution in [3.05, 3.63) is 24.0 Å². The van der Waals surface area contributed by atoms with Gasteiger partial charge in [0.05, 0.1) is 11.2 Å². The van der Waals surface area contributed by atoms with E-state index in [1.807, 2.05) is 0 Å². The Morgan fingerprint density at radius 1 is 1.26 bits per heavy atom. The van der Waals surface area contributed by atoms with Crippen LogP contribution in [0.4, 0.5) is 0 Å². The highest BCUT2D eigenvalue weighted by Gasteiger charge is 2.52. The molecule has 4 bridgehead atoms. The van der Waals surface area contributed by atoms with E-state index in [0.29, 0.717) is 5.54 Å². The molecule has 0 aromatic carbocycles. The van der Waals surface area contributed by atoms with Crippen molar-refractivity contribution >= 4 is 0 Å². The van der Waals surface area contributed by atoms with Gasteiger partial charge in [-0.3, -0.25) is 0 Å². The molecule has 0 spiro atoms. The molecule has 3 heteroatoms. The summed E-state index contributed by atoms with van der Waals surface area (Å²) in [7, 11) is 0. The van der Waals surface area contributed by atoms with E-state index in [4.69, 9.17) is 0 Å². The lowest BCUT2D eigenvalue weighted by Gasteiger charge is -2.56. The monoisotopic (exact) mass is 257 g/mol. The van der Waals surface area contributed by atoms with Crippen molar-refractivity contribution in [1.29, 1.82) is 0 Å². The highest BCUT2D eigenvalue weighted by Crippen LogP contribution is 2.58. The van der Waals surface area contributed by atoms with E-state index >= 15 is 0 Å². The molecular formula is C16H23N3. The van der Waals surface area contributed by atoms with Crippen molar-refractivity contribution in [1.82, 2.24) is 15.0 Å². The lowest BCUT2D eigenvalue weighted by Crippen LogP contribution is -2.52. The van der Waals surface area contributed by atoms with Gasteiger partial charge < -0.3 is 0 Å². The van der Waals surface area contributed by atoms with Gasteiger partial charge in [-0.25, -0.2) is 4.68 Å². The van der Waals surface area contributed by atoms with Gasteiger partial charge in [0.1, 0.15) is 0 Å². The summed E-state index contributed by atoms with van der Waals surface area (Å²) in [6.45, 7) is 6.03. The number of hydrogen-bond acceptors (Lipinski definition) is 2. The van der Waals surface area contributed by atoms with Gasteiger partial charge in [-0.2, -0.15) is 0 Å². The van der Waals surface area contributed by atoms with Gasteiger partial charge >= 0.3 is 0 Å². The second kappa shape index (κ2) is 3.94. The van der Waals surface area contributed by atoms with Crippen molar-refractivity contribution in [2.45, 2.75) is 57.4 Å². The molecule has 5 rings (SSSR count). The van der Waals surface area contributed by atoms with Crippen molar-refractivity contribution in [2.75, 3.05) is 0 Å². The number of aromatic nitrogens is 3. The molecule has 1 aromatic heterocycles. The minimum Gasteiger partial charge on any atom is -0.246 e. The topological polar surface area (TPSA) is 30.7 Å². The largest absolute Gasteiger partial charge is 0.246 e. The van der Waals surface area contributed by atoms with Crippen molar-refractivity contribution in [3.63, 3.8) is 0 Å². The maximum absolute atomic E-state index is 4.48. The first kappa shape index (κ1) is 11.7. The van der Waals surface area contributed by atoms with E-state index in [0.717, 1.165) is 35.4 Å². The van der Waals surface area contributed by atoms with Crippen LogP contribution in [0, 0.1) is 17.8 Å². The predicted octanol–water partition coefficient (Wildman–Crippen LogP) is 3.32. The second-order valence-corrected chi connectivity index (χ2v) is 7.43. The Kier molecular flexibility index (Phi) is 2.42. The Morgan fingerprint density at radius 2 is 1.84 bits per heavy atom. The normalized spacial score (nSPS) is 39.7. The highest BCUT2D eigenvalue weighted by atomic mass is 15.5. The third-order valence-electron chi connectivity index (χ3n) is 5.52. The zero-order chi connectivity index (χ0) is 13.0. The summed E-state index contributed by atoms with van der Waals surface area (Å²) in [6.07, 6.45) is 11.5. The Balaban J connectivity index is 1.64. The summed E-state index contributed by atoms with van der Waals surface area (Å²) in [5.74, 6) is 2.88. The first-order valence-electron chi connectivity index (χ1n) is 7.69. The van der Waals surface area contributed by atoms with Crippen LogP contribution in [0.2, 0.25) is 0 Å². The fourth-order valence-electron chi connectivity index (χ4n) is 5.27. The average molecular weight is 257 g/mol. The van der Waals surface area contributed by atoms with Crippen LogP contribution in [0.5, 0.6) is 0 Å². The van der Waals surface area contributed by atoms with Gasteiger partial charge in [-0.1, -0.05) is 17.4 Å². The van der Waals surface area contributed by atoms with E-state index in [-0.39, 0.29) is 0 Å². The molecule has 0 unspecified atom stereocenters. The zero-order valence-electron chi connectivity index (χ0n) is 11.8. The van der Waals surface area contributed by atoms with Crippen LogP contribution in [-0.2, 0) is 12.0 Å². The quantitative estimate of drug-likeness (QED) is 0.778. The smallest absolute Gasteiger partial charge is 0.0867 e. The number of hydrogen-bond donors (Lipinski definition) is 0. The van der Waals surface area contributed by atoms with Gasteiger partial charge in [-0.15, -0.1) is 5.10 Å². The van der Waals surface area contributed by atoms with E-state index in [2.05, 4.69) is 34.7 Å². The van der Waals surface area contributed by atoms with Crippen LogP contribution in [0.15, 0.2) is 18.3 Å². The first-order valence-corrected chi connectivity index (χ1v) is 7.69. The van der Waals surface area contributed by atoms with Crippen LogP contribution in [0.1, 0.15) is 51.1 Å². The molecule has 19 heavy (non-hydrogen) atoms. The van der Waals surface area contributed by atoms with Gasteiger partial charge in [0.15, 0.2) is 0 Å². The Morgan fingerprint density at radius 3 is 2.37 bits per heavy atom. The molecule has 0 atom stereocenters. The standard InChI is InChI=1S/C16H23N3/c1-11(2)3-15-10-19(18-17-15)16-7-12-4-13(8-16)6-14(5-12)9-16/h10,12-14H,1,3-9H2,2H3. The maximum Gasteiger partial charge on any atom is 0.0867 e. The van der Waals surface area contributed by atoms with Crippen molar-refractivity contribution < 1.29 is 0 Å². The fourth-order valence-corrected chi connectivity index (χ4v) is 5.27. The van der Waals surface area contributed by atoms with E-state index in [9.17, 15) is 0 Å². The van der Waals surface area contributed by atoms with Gasteiger partial charge in [0.2, 0.25) is 0 Å². The molecule has 4 fully saturated rings. The Labute approximate surface area is 115 Å². The summed E-state index contributed by atoms with van der Waals surface area (Å²) >= 11 is 0. The number of rotatable bonds is 3. The van der Waals surface area contributed by atoms with Gasteiger partial charge in [0, 0.05) is 12.6 Å². The fraction of sp³-hybridized carbons (Fsp3) is 0.750. The Bertz CT molecular complexity index is 479. The molecule has 4 saturated carbocycles. The van der Waals surface area contributed by atoms with Crippen LogP contribution < -0.4 is 0 Å². The Hall–Kier alpha value is -1.12.